The summed E-state index contributed by atoms with van der Waals surface area (Å²) >= 11 is 0. The molecule has 2 bridgehead atoms. The molecule has 114 valence electrons. The molecule has 4 aliphatic heterocycles. The fraction of sp³-hybridized carbons (Fsp3) is 1.00. The summed E-state index contributed by atoms with van der Waals surface area (Å²) in [4.78, 5) is 11.6. The molecular weight excluding hydrogens is 260 g/mol. The van der Waals surface area contributed by atoms with Gasteiger partial charge in [0.05, 0.1) is 0 Å². The summed E-state index contributed by atoms with van der Waals surface area (Å²) in [6.07, 6.45) is 2.89. The van der Waals surface area contributed by atoms with E-state index in [1.165, 1.54) is 0 Å². The second-order valence-corrected chi connectivity index (χ2v) is 7.06. The highest BCUT2D eigenvalue weighted by Crippen LogP contribution is 2.58. The van der Waals surface area contributed by atoms with Crippen LogP contribution in [0.4, 0.5) is 0 Å². The van der Waals surface area contributed by atoms with Gasteiger partial charge in [-0.15, -0.1) is 0 Å². The molecule has 0 aromatic heterocycles. The van der Waals surface area contributed by atoms with Gasteiger partial charge in [0, 0.05) is 30.2 Å². The molecule has 6 nitrogen and oxygen atoms in total. The molecule has 8 atom stereocenters. The summed E-state index contributed by atoms with van der Waals surface area (Å²) in [5, 5.41) is 0. The highest BCUT2D eigenvalue weighted by Gasteiger charge is 2.69. The lowest BCUT2D eigenvalue weighted by atomic mass is 9.59. The van der Waals surface area contributed by atoms with Gasteiger partial charge < -0.3 is 20.9 Å². The first-order valence-corrected chi connectivity index (χ1v) is 7.67. The lowest BCUT2D eigenvalue weighted by Crippen LogP contribution is -2.72. The minimum absolute atomic E-state index is 0.103. The van der Waals surface area contributed by atoms with Crippen molar-refractivity contribution in [1.29, 1.82) is 0 Å². The second-order valence-electron chi connectivity index (χ2n) is 7.06. The number of rotatable bonds is 0. The van der Waals surface area contributed by atoms with Gasteiger partial charge >= 0.3 is 0 Å². The zero-order valence-corrected chi connectivity index (χ0v) is 12.1. The maximum Gasteiger partial charge on any atom is 0.201 e. The van der Waals surface area contributed by atoms with E-state index in [9.17, 15) is 0 Å². The average molecular weight is 284 g/mol. The van der Waals surface area contributed by atoms with Gasteiger partial charge in [-0.25, -0.2) is 9.78 Å². The van der Waals surface area contributed by atoms with E-state index in [1.54, 1.807) is 0 Å². The molecule has 0 aromatic carbocycles. The largest absolute Gasteiger partial charge is 0.331 e. The number of nitrogens with two attached hydrogens (primary N) is 2. The molecule has 4 N–H and O–H groups in total. The highest BCUT2D eigenvalue weighted by molar-refractivity contribution is 5.10. The van der Waals surface area contributed by atoms with Crippen LogP contribution >= 0.6 is 0 Å². The first-order chi connectivity index (χ1) is 9.46. The molecule has 4 heterocycles. The third kappa shape index (κ3) is 1.55. The summed E-state index contributed by atoms with van der Waals surface area (Å²) < 4.78 is 12.0. The topological polar surface area (TPSA) is 89.0 Å². The minimum atomic E-state index is -0.752. The molecule has 0 radical (unpaired) electrons. The van der Waals surface area contributed by atoms with Crippen molar-refractivity contribution in [3.8, 4) is 0 Å². The van der Waals surface area contributed by atoms with E-state index in [1.807, 2.05) is 6.92 Å². The minimum Gasteiger partial charge on any atom is -0.331 e. The van der Waals surface area contributed by atoms with Gasteiger partial charge in [0.15, 0.2) is 11.9 Å². The van der Waals surface area contributed by atoms with Crippen molar-refractivity contribution in [2.75, 3.05) is 0 Å². The van der Waals surface area contributed by atoms with Crippen LogP contribution in [0.15, 0.2) is 0 Å². The summed E-state index contributed by atoms with van der Waals surface area (Å²) in [7, 11) is 0. The fourth-order valence-electron chi connectivity index (χ4n) is 4.68. The van der Waals surface area contributed by atoms with Gasteiger partial charge in [0.25, 0.3) is 0 Å². The predicted octanol–water partition coefficient (Wildman–Crippen LogP) is 0.844. The molecular formula is C14H24N2O4. The van der Waals surface area contributed by atoms with E-state index in [4.69, 9.17) is 30.7 Å². The van der Waals surface area contributed by atoms with E-state index in [2.05, 4.69) is 6.92 Å². The zero-order chi connectivity index (χ0) is 14.1. The Morgan fingerprint density at radius 3 is 2.65 bits per heavy atom. The van der Waals surface area contributed by atoms with E-state index >= 15 is 0 Å². The maximum atomic E-state index is 6.39. The summed E-state index contributed by atoms with van der Waals surface area (Å²) in [6, 6.07) is 0.103. The van der Waals surface area contributed by atoms with E-state index in [0.29, 0.717) is 0 Å². The summed E-state index contributed by atoms with van der Waals surface area (Å²) in [5.41, 5.74) is 11.9. The lowest BCUT2D eigenvalue weighted by Gasteiger charge is -2.59. The fourth-order valence-corrected chi connectivity index (χ4v) is 4.68. The lowest BCUT2D eigenvalue weighted by molar-refractivity contribution is -0.570. The normalized spacial score (nSPS) is 61.8. The van der Waals surface area contributed by atoms with Gasteiger partial charge in [-0.1, -0.05) is 6.92 Å². The first-order valence-electron chi connectivity index (χ1n) is 7.67. The van der Waals surface area contributed by atoms with Crippen LogP contribution in [0, 0.1) is 17.8 Å². The van der Waals surface area contributed by atoms with Gasteiger partial charge in [0.1, 0.15) is 6.23 Å². The van der Waals surface area contributed by atoms with Crippen LogP contribution in [0.1, 0.15) is 39.5 Å². The quantitative estimate of drug-likeness (QED) is 0.641. The van der Waals surface area contributed by atoms with Crippen molar-refractivity contribution in [3.63, 3.8) is 0 Å². The van der Waals surface area contributed by atoms with E-state index in [0.717, 1.165) is 25.7 Å². The molecule has 0 aromatic rings. The molecule has 1 saturated carbocycles. The van der Waals surface area contributed by atoms with E-state index in [-0.39, 0.29) is 30.0 Å². The predicted molar refractivity (Wildman–Crippen MR) is 69.8 cm³/mol. The number of hydrogen-bond donors (Lipinski definition) is 2. The van der Waals surface area contributed by atoms with E-state index < -0.39 is 17.7 Å². The van der Waals surface area contributed by atoms with Crippen molar-refractivity contribution in [3.05, 3.63) is 0 Å². The standard InChI is InChI=1S/C14H24N2O4/c1-7-8-3-4-10(15)9-5-6-13(2)18-12(17-11(7)16)14(8,9)20-19-13/h7-12H,3-6,15-16H2,1-2H3/t7-,8+,9+,10-,11-,12-,13?,14+/m1/s1. The van der Waals surface area contributed by atoms with Gasteiger partial charge in [-0.05, 0) is 26.2 Å². The van der Waals surface area contributed by atoms with Crippen LogP contribution < -0.4 is 11.5 Å². The SMILES string of the molecule is C[C@H]1[C@H](N)O[C@@H]2OC3(C)CC[C@H]4[C@H](N)CC[C@@H]1[C@@]24OO3. The van der Waals surface area contributed by atoms with Crippen LogP contribution in [0.3, 0.4) is 0 Å². The third-order valence-corrected chi connectivity index (χ3v) is 5.92. The van der Waals surface area contributed by atoms with Gasteiger partial charge in [-0.2, -0.15) is 0 Å². The Morgan fingerprint density at radius 2 is 1.85 bits per heavy atom. The second kappa shape index (κ2) is 4.15. The Labute approximate surface area is 119 Å². The van der Waals surface area contributed by atoms with Crippen LogP contribution in [-0.2, 0) is 19.2 Å². The average Bonchev–Trinajstić information content (AvgIpc) is 2.63. The Bertz CT molecular complexity index is 418. The molecule has 6 heteroatoms. The molecule has 5 rings (SSSR count). The Morgan fingerprint density at radius 1 is 1.05 bits per heavy atom. The Hall–Kier alpha value is -0.240. The molecule has 5 fully saturated rings. The zero-order valence-electron chi connectivity index (χ0n) is 12.1. The van der Waals surface area contributed by atoms with Crippen molar-refractivity contribution in [2.24, 2.45) is 29.2 Å². The number of ether oxygens (including phenoxy) is 2. The molecule has 1 spiro atoms. The third-order valence-electron chi connectivity index (χ3n) is 5.92. The molecule has 5 aliphatic rings. The summed E-state index contributed by atoms with van der Waals surface area (Å²) in [6.45, 7) is 4.01. The van der Waals surface area contributed by atoms with Gasteiger partial charge in [0.2, 0.25) is 5.79 Å². The van der Waals surface area contributed by atoms with Crippen molar-refractivity contribution in [2.45, 2.75) is 69.5 Å². The number of hydrogen-bond acceptors (Lipinski definition) is 6. The van der Waals surface area contributed by atoms with Crippen LogP contribution in [0.2, 0.25) is 0 Å². The van der Waals surface area contributed by atoms with Crippen LogP contribution in [0.25, 0.3) is 0 Å². The highest BCUT2D eigenvalue weighted by atomic mass is 17.3. The first kappa shape index (κ1) is 13.4. The number of fused-ring (bicyclic) bond motifs is 2. The maximum absolute atomic E-state index is 6.39. The molecule has 0 amide bonds. The smallest absolute Gasteiger partial charge is 0.201 e. The summed E-state index contributed by atoms with van der Waals surface area (Å²) in [5.74, 6) is -0.0807. The Balaban J connectivity index is 1.82. The van der Waals surface area contributed by atoms with Crippen LogP contribution in [-0.4, -0.2) is 29.9 Å². The molecule has 1 unspecified atom stereocenters. The van der Waals surface area contributed by atoms with Crippen molar-refractivity contribution < 1.29 is 19.2 Å². The Kier molecular flexibility index (Phi) is 2.79. The molecule has 1 aliphatic carbocycles. The van der Waals surface area contributed by atoms with Gasteiger partial charge in [-0.3, -0.25) is 0 Å². The molecule has 4 saturated heterocycles. The monoisotopic (exact) mass is 284 g/mol. The van der Waals surface area contributed by atoms with Crippen molar-refractivity contribution in [1.82, 2.24) is 0 Å². The molecule has 20 heavy (non-hydrogen) atoms. The van der Waals surface area contributed by atoms with Crippen LogP contribution in [0.5, 0.6) is 0 Å². The van der Waals surface area contributed by atoms with Crippen molar-refractivity contribution >= 4 is 0 Å².